The summed E-state index contributed by atoms with van der Waals surface area (Å²) in [4.78, 5) is 2.49. The highest BCUT2D eigenvalue weighted by molar-refractivity contribution is 6.17. The van der Waals surface area contributed by atoms with Gasteiger partial charge in [0.15, 0.2) is 0 Å². The zero-order chi connectivity index (χ0) is 36.0. The predicted octanol–water partition coefficient (Wildman–Crippen LogP) is 14.1. The minimum absolute atomic E-state index is 0.134. The van der Waals surface area contributed by atoms with Gasteiger partial charge in [-0.1, -0.05) is 135 Å². The van der Waals surface area contributed by atoms with E-state index in [4.69, 9.17) is 4.42 Å². The van der Waals surface area contributed by atoms with Crippen LogP contribution in [0.15, 0.2) is 186 Å². The molecule has 0 unspecified atom stereocenters. The fraction of sp³-hybridized carbons (Fsp3) is 0.0588. The minimum Gasteiger partial charge on any atom is -0.456 e. The van der Waals surface area contributed by atoms with Crippen LogP contribution in [0.3, 0.4) is 0 Å². The van der Waals surface area contributed by atoms with Gasteiger partial charge in [-0.3, -0.25) is 0 Å². The number of hydrogen-bond acceptors (Lipinski definition) is 2. The van der Waals surface area contributed by atoms with Crippen molar-refractivity contribution in [2.45, 2.75) is 19.3 Å². The summed E-state index contributed by atoms with van der Waals surface area (Å²) in [5.41, 5.74) is 16.2. The molecule has 0 aliphatic heterocycles. The van der Waals surface area contributed by atoms with E-state index in [0.717, 1.165) is 55.7 Å². The van der Waals surface area contributed by atoms with Crippen molar-refractivity contribution in [3.8, 4) is 27.9 Å². The van der Waals surface area contributed by atoms with E-state index in [1.54, 1.807) is 0 Å². The molecule has 2 heterocycles. The summed E-state index contributed by atoms with van der Waals surface area (Å²) < 4.78 is 8.66. The Labute approximate surface area is 314 Å². The number of anilines is 3. The van der Waals surface area contributed by atoms with Crippen LogP contribution in [0.25, 0.3) is 71.7 Å². The van der Waals surface area contributed by atoms with Crippen LogP contribution in [0.5, 0.6) is 0 Å². The first kappa shape index (κ1) is 30.8. The van der Waals surface area contributed by atoms with Gasteiger partial charge in [-0.25, -0.2) is 0 Å². The van der Waals surface area contributed by atoms with Crippen molar-refractivity contribution >= 4 is 60.8 Å². The molecule has 8 aromatic carbocycles. The Morgan fingerprint density at radius 3 is 2.02 bits per heavy atom. The van der Waals surface area contributed by atoms with Crippen LogP contribution in [0.4, 0.5) is 17.1 Å². The number of hydrogen-bond donors (Lipinski definition) is 0. The Morgan fingerprint density at radius 1 is 0.463 bits per heavy atom. The van der Waals surface area contributed by atoms with Crippen molar-refractivity contribution in [3.63, 3.8) is 0 Å². The number of aromatic nitrogens is 1. The Hall–Kier alpha value is -6.84. The van der Waals surface area contributed by atoms with Gasteiger partial charge in [-0.15, -0.1) is 0 Å². The van der Waals surface area contributed by atoms with E-state index in [1.807, 2.05) is 12.1 Å². The number of furan rings is 1. The van der Waals surface area contributed by atoms with E-state index in [-0.39, 0.29) is 5.41 Å². The normalized spacial score (nSPS) is 13.1. The Morgan fingerprint density at radius 2 is 1.13 bits per heavy atom. The SMILES string of the molecule is CC1(C)c2ccccc2-c2ccc(N(c3ccccc3-c3ccccc3)c3cccc4c3c3ccccc3n4-c3ccc4oc5ccccc5c4c3)cc21. The molecule has 0 amide bonds. The zero-order valence-electron chi connectivity index (χ0n) is 30.1. The molecule has 0 N–H and O–H groups in total. The van der Waals surface area contributed by atoms with Crippen molar-refractivity contribution < 1.29 is 4.42 Å². The van der Waals surface area contributed by atoms with Crippen LogP contribution in [-0.4, -0.2) is 4.57 Å². The lowest BCUT2D eigenvalue weighted by atomic mass is 9.82. The number of fused-ring (bicyclic) bond motifs is 9. The molecule has 0 radical (unpaired) electrons. The lowest BCUT2D eigenvalue weighted by molar-refractivity contribution is 0.660. The number of benzene rings is 8. The average Bonchev–Trinajstić information content (AvgIpc) is 3.84. The molecule has 10 aromatic rings. The molecule has 0 atom stereocenters. The van der Waals surface area contributed by atoms with Gasteiger partial charge < -0.3 is 13.9 Å². The van der Waals surface area contributed by atoms with E-state index in [2.05, 4.69) is 193 Å². The standard InChI is InChI=1S/C51H36N2O/c1-51(2)42-21-10-6-18-37(42)38-29-27-35(32-43(38)51)53(44-22-11-7-17-36(44)33-15-4-3-5-16-33)47-25-14-24-46-50(47)40-20-8-12-23-45(40)52(46)34-28-30-49-41(31-34)39-19-9-13-26-48(39)54-49/h3-32H,1-2H3. The molecule has 0 saturated carbocycles. The molecule has 54 heavy (non-hydrogen) atoms. The molecule has 256 valence electrons. The maximum atomic E-state index is 6.25. The summed E-state index contributed by atoms with van der Waals surface area (Å²) in [6.07, 6.45) is 0. The van der Waals surface area contributed by atoms with Crippen molar-refractivity contribution in [2.75, 3.05) is 4.90 Å². The fourth-order valence-corrected chi connectivity index (χ4v) is 9.09. The molecule has 3 nitrogen and oxygen atoms in total. The van der Waals surface area contributed by atoms with Crippen molar-refractivity contribution in [1.82, 2.24) is 4.57 Å². The molecule has 0 fully saturated rings. The van der Waals surface area contributed by atoms with Crippen LogP contribution in [0.1, 0.15) is 25.0 Å². The highest BCUT2D eigenvalue weighted by Crippen LogP contribution is 2.52. The maximum absolute atomic E-state index is 6.25. The van der Waals surface area contributed by atoms with Crippen LogP contribution in [0.2, 0.25) is 0 Å². The third-order valence-electron chi connectivity index (χ3n) is 11.6. The monoisotopic (exact) mass is 692 g/mol. The fourth-order valence-electron chi connectivity index (χ4n) is 9.09. The largest absolute Gasteiger partial charge is 0.456 e. The molecule has 0 saturated heterocycles. The van der Waals surface area contributed by atoms with Crippen LogP contribution in [0, 0.1) is 0 Å². The summed E-state index contributed by atoms with van der Waals surface area (Å²) >= 11 is 0. The Bertz CT molecular complexity index is 3090. The summed E-state index contributed by atoms with van der Waals surface area (Å²) in [7, 11) is 0. The van der Waals surface area contributed by atoms with Crippen molar-refractivity contribution in [1.29, 1.82) is 0 Å². The Balaban J connectivity index is 1.20. The van der Waals surface area contributed by atoms with Gasteiger partial charge in [-0.2, -0.15) is 0 Å². The van der Waals surface area contributed by atoms with E-state index in [1.165, 1.54) is 44.2 Å². The highest BCUT2D eigenvalue weighted by Gasteiger charge is 2.36. The summed E-state index contributed by atoms with van der Waals surface area (Å²) in [6.45, 7) is 4.72. The molecule has 1 aliphatic carbocycles. The third kappa shape index (κ3) is 4.42. The van der Waals surface area contributed by atoms with Crippen molar-refractivity contribution in [2.24, 2.45) is 0 Å². The lowest BCUT2D eigenvalue weighted by Gasteiger charge is -2.30. The van der Waals surface area contributed by atoms with Crippen LogP contribution >= 0.6 is 0 Å². The first-order chi connectivity index (χ1) is 26.6. The van der Waals surface area contributed by atoms with Gasteiger partial charge in [0.2, 0.25) is 0 Å². The molecule has 0 bridgehead atoms. The van der Waals surface area contributed by atoms with Gasteiger partial charge in [0, 0.05) is 43.9 Å². The first-order valence-electron chi connectivity index (χ1n) is 18.7. The quantitative estimate of drug-likeness (QED) is 0.179. The summed E-state index contributed by atoms with van der Waals surface area (Å²) in [5.74, 6) is 0. The lowest BCUT2D eigenvalue weighted by Crippen LogP contribution is -2.17. The average molecular weight is 693 g/mol. The van der Waals surface area contributed by atoms with Crippen LogP contribution in [-0.2, 0) is 5.41 Å². The van der Waals surface area contributed by atoms with Crippen LogP contribution < -0.4 is 4.90 Å². The molecule has 3 heteroatoms. The molecular formula is C51H36N2O. The van der Waals surface area contributed by atoms with Gasteiger partial charge in [0.1, 0.15) is 11.2 Å². The summed E-state index contributed by atoms with van der Waals surface area (Å²) in [5, 5.41) is 4.65. The third-order valence-corrected chi connectivity index (χ3v) is 11.6. The smallest absolute Gasteiger partial charge is 0.135 e. The van der Waals surface area contributed by atoms with E-state index < -0.39 is 0 Å². The topological polar surface area (TPSA) is 21.3 Å². The van der Waals surface area contributed by atoms with Gasteiger partial charge in [0.05, 0.1) is 22.4 Å². The Kier molecular flexibility index (Phi) is 6.60. The van der Waals surface area contributed by atoms with Gasteiger partial charge in [-0.05, 0) is 88.5 Å². The molecule has 1 aliphatic rings. The zero-order valence-corrected chi connectivity index (χ0v) is 30.1. The van der Waals surface area contributed by atoms with Gasteiger partial charge >= 0.3 is 0 Å². The number of rotatable bonds is 5. The maximum Gasteiger partial charge on any atom is 0.135 e. The number of nitrogens with zero attached hydrogens (tertiary/aromatic N) is 2. The number of para-hydroxylation sites is 3. The first-order valence-corrected chi connectivity index (χ1v) is 18.7. The minimum atomic E-state index is -0.134. The molecule has 2 aromatic heterocycles. The second-order valence-electron chi connectivity index (χ2n) is 14.9. The summed E-state index contributed by atoms with van der Waals surface area (Å²) in [6, 6.07) is 66.0. The molecule has 0 spiro atoms. The molecule has 11 rings (SSSR count). The van der Waals surface area contributed by atoms with E-state index in [9.17, 15) is 0 Å². The van der Waals surface area contributed by atoms with Gasteiger partial charge in [0.25, 0.3) is 0 Å². The van der Waals surface area contributed by atoms with E-state index in [0.29, 0.717) is 0 Å². The molecular weight excluding hydrogens is 657 g/mol. The highest BCUT2D eigenvalue weighted by atomic mass is 16.3. The second kappa shape index (κ2) is 11.6. The van der Waals surface area contributed by atoms with E-state index >= 15 is 0 Å². The predicted molar refractivity (Wildman–Crippen MR) is 226 cm³/mol. The second-order valence-corrected chi connectivity index (χ2v) is 14.9. The van der Waals surface area contributed by atoms with Crippen molar-refractivity contribution in [3.05, 3.63) is 193 Å².